The summed E-state index contributed by atoms with van der Waals surface area (Å²) in [5, 5.41) is 8.29. The molecule has 0 aliphatic rings. The highest BCUT2D eigenvalue weighted by molar-refractivity contribution is 5.78. The van der Waals surface area contributed by atoms with Crippen molar-refractivity contribution in [2.75, 3.05) is 13.9 Å². The molecule has 0 bridgehead atoms. The standard InChI is InChI=1S/C6H9F3O4/c1-5(4(10)11,6(7,8)9)13-3-12-2/h3H2,1-2H3,(H,10,11). The van der Waals surface area contributed by atoms with E-state index in [-0.39, 0.29) is 0 Å². The van der Waals surface area contributed by atoms with Crippen molar-refractivity contribution < 1.29 is 32.5 Å². The summed E-state index contributed by atoms with van der Waals surface area (Å²) in [7, 11) is 1.10. The van der Waals surface area contributed by atoms with Gasteiger partial charge in [0.25, 0.3) is 5.60 Å². The molecule has 78 valence electrons. The maximum atomic E-state index is 12.1. The van der Waals surface area contributed by atoms with Crippen LogP contribution in [-0.2, 0) is 14.3 Å². The van der Waals surface area contributed by atoms with Gasteiger partial charge in [-0.2, -0.15) is 13.2 Å². The number of aliphatic carboxylic acids is 1. The molecule has 1 N–H and O–H groups in total. The predicted molar refractivity (Wildman–Crippen MR) is 35.1 cm³/mol. The van der Waals surface area contributed by atoms with E-state index < -0.39 is 24.5 Å². The second kappa shape index (κ2) is 3.93. The number of carboxylic acid groups (broad SMARTS) is 1. The fraction of sp³-hybridized carbons (Fsp3) is 0.833. The normalized spacial score (nSPS) is 16.7. The monoisotopic (exact) mass is 202 g/mol. The molecule has 0 rings (SSSR count). The third-order valence-corrected chi connectivity index (χ3v) is 1.41. The minimum Gasteiger partial charge on any atom is -0.479 e. The molecule has 0 aliphatic heterocycles. The zero-order valence-corrected chi connectivity index (χ0v) is 7.01. The Morgan fingerprint density at radius 2 is 1.92 bits per heavy atom. The summed E-state index contributed by atoms with van der Waals surface area (Å²) in [6.45, 7) is -0.309. The third kappa shape index (κ3) is 2.56. The Morgan fingerprint density at radius 1 is 1.46 bits per heavy atom. The van der Waals surface area contributed by atoms with Crippen LogP contribution in [0.15, 0.2) is 0 Å². The van der Waals surface area contributed by atoms with E-state index >= 15 is 0 Å². The van der Waals surface area contributed by atoms with Gasteiger partial charge in [-0.1, -0.05) is 0 Å². The molecule has 0 amide bonds. The number of hydrogen-bond acceptors (Lipinski definition) is 3. The summed E-state index contributed by atoms with van der Waals surface area (Å²) in [6, 6.07) is 0. The van der Waals surface area contributed by atoms with Gasteiger partial charge in [-0.05, 0) is 6.92 Å². The average Bonchev–Trinajstić information content (AvgIpc) is 1.97. The molecule has 0 radical (unpaired) electrons. The summed E-state index contributed by atoms with van der Waals surface area (Å²) in [4.78, 5) is 10.3. The molecule has 0 aromatic rings. The van der Waals surface area contributed by atoms with Crippen molar-refractivity contribution in [2.24, 2.45) is 0 Å². The highest BCUT2D eigenvalue weighted by Gasteiger charge is 2.58. The van der Waals surface area contributed by atoms with Crippen LogP contribution >= 0.6 is 0 Å². The summed E-state index contributed by atoms with van der Waals surface area (Å²) < 4.78 is 44.6. The van der Waals surface area contributed by atoms with Crippen molar-refractivity contribution in [3.05, 3.63) is 0 Å². The maximum Gasteiger partial charge on any atom is 0.428 e. The Labute approximate surface area is 72.2 Å². The van der Waals surface area contributed by atoms with Gasteiger partial charge in [0.1, 0.15) is 6.79 Å². The topological polar surface area (TPSA) is 55.8 Å². The van der Waals surface area contributed by atoms with E-state index in [1.165, 1.54) is 0 Å². The highest BCUT2D eigenvalue weighted by Crippen LogP contribution is 2.33. The molecule has 1 unspecified atom stereocenters. The number of methoxy groups -OCH3 is 1. The van der Waals surface area contributed by atoms with Crippen LogP contribution in [-0.4, -0.2) is 36.8 Å². The van der Waals surface area contributed by atoms with Crippen LogP contribution in [0.2, 0.25) is 0 Å². The second-order valence-electron chi connectivity index (χ2n) is 2.39. The molecule has 7 heteroatoms. The van der Waals surface area contributed by atoms with E-state index in [2.05, 4.69) is 9.47 Å². The van der Waals surface area contributed by atoms with Gasteiger partial charge in [0.2, 0.25) is 0 Å². The number of ether oxygens (including phenoxy) is 2. The Bertz CT molecular complexity index is 191. The Hall–Kier alpha value is -0.820. The minimum atomic E-state index is -4.97. The lowest BCUT2D eigenvalue weighted by Crippen LogP contribution is -2.52. The van der Waals surface area contributed by atoms with Crippen LogP contribution in [0.3, 0.4) is 0 Å². The predicted octanol–water partition coefficient (Wildman–Crippen LogP) is 1.01. The summed E-state index contributed by atoms with van der Waals surface area (Å²) >= 11 is 0. The quantitative estimate of drug-likeness (QED) is 0.691. The number of alkyl halides is 3. The van der Waals surface area contributed by atoms with Crippen LogP contribution in [0, 0.1) is 0 Å². The fourth-order valence-electron chi connectivity index (χ4n) is 0.442. The molecule has 0 heterocycles. The minimum absolute atomic E-state index is 0.425. The molecular formula is C6H9F3O4. The van der Waals surface area contributed by atoms with E-state index in [0.717, 1.165) is 7.11 Å². The van der Waals surface area contributed by atoms with Crippen molar-refractivity contribution >= 4 is 5.97 Å². The van der Waals surface area contributed by atoms with E-state index in [9.17, 15) is 18.0 Å². The number of halogens is 3. The molecule has 0 fully saturated rings. The Balaban J connectivity index is 4.64. The van der Waals surface area contributed by atoms with Gasteiger partial charge in [0.15, 0.2) is 0 Å². The van der Waals surface area contributed by atoms with Gasteiger partial charge in [-0.25, -0.2) is 4.79 Å². The number of hydrogen-bond donors (Lipinski definition) is 1. The first-order valence-corrected chi connectivity index (χ1v) is 3.18. The van der Waals surface area contributed by atoms with Crippen LogP contribution in [0.25, 0.3) is 0 Å². The molecule has 0 aromatic heterocycles. The first kappa shape index (κ1) is 12.2. The molecule has 0 saturated heterocycles. The second-order valence-corrected chi connectivity index (χ2v) is 2.39. The first-order valence-electron chi connectivity index (χ1n) is 3.18. The van der Waals surface area contributed by atoms with Crippen molar-refractivity contribution in [3.8, 4) is 0 Å². The van der Waals surface area contributed by atoms with Crippen LogP contribution in [0.4, 0.5) is 13.2 Å². The lowest BCUT2D eigenvalue weighted by atomic mass is 10.1. The van der Waals surface area contributed by atoms with Crippen LogP contribution < -0.4 is 0 Å². The number of carboxylic acids is 1. The molecule has 0 aromatic carbocycles. The molecule has 0 aliphatic carbocycles. The number of rotatable bonds is 4. The smallest absolute Gasteiger partial charge is 0.428 e. The molecular weight excluding hydrogens is 193 g/mol. The van der Waals surface area contributed by atoms with Gasteiger partial charge < -0.3 is 14.6 Å². The van der Waals surface area contributed by atoms with Crippen molar-refractivity contribution in [1.82, 2.24) is 0 Å². The summed E-state index contributed by atoms with van der Waals surface area (Å²) in [5.41, 5.74) is -3.22. The lowest BCUT2D eigenvalue weighted by Gasteiger charge is -2.26. The van der Waals surface area contributed by atoms with Crippen LogP contribution in [0.5, 0.6) is 0 Å². The van der Waals surface area contributed by atoms with Crippen molar-refractivity contribution in [3.63, 3.8) is 0 Å². The van der Waals surface area contributed by atoms with Gasteiger partial charge in [-0.15, -0.1) is 0 Å². The lowest BCUT2D eigenvalue weighted by molar-refractivity contribution is -0.284. The van der Waals surface area contributed by atoms with Gasteiger partial charge in [0, 0.05) is 7.11 Å². The molecule has 0 saturated carbocycles. The maximum absolute atomic E-state index is 12.1. The van der Waals surface area contributed by atoms with E-state index in [1.807, 2.05) is 0 Å². The fourth-order valence-corrected chi connectivity index (χ4v) is 0.442. The average molecular weight is 202 g/mol. The highest BCUT2D eigenvalue weighted by atomic mass is 19.4. The molecule has 13 heavy (non-hydrogen) atoms. The summed E-state index contributed by atoms with van der Waals surface area (Å²) in [6.07, 6.45) is -4.97. The summed E-state index contributed by atoms with van der Waals surface area (Å²) in [5.74, 6) is -2.10. The zero-order chi connectivity index (χ0) is 10.7. The van der Waals surface area contributed by atoms with Crippen LogP contribution in [0.1, 0.15) is 6.92 Å². The van der Waals surface area contributed by atoms with E-state index in [0.29, 0.717) is 6.92 Å². The van der Waals surface area contributed by atoms with Gasteiger partial charge in [-0.3, -0.25) is 0 Å². The van der Waals surface area contributed by atoms with Crippen molar-refractivity contribution in [2.45, 2.75) is 18.7 Å². The zero-order valence-electron chi connectivity index (χ0n) is 7.01. The largest absolute Gasteiger partial charge is 0.479 e. The van der Waals surface area contributed by atoms with Gasteiger partial charge in [0.05, 0.1) is 0 Å². The van der Waals surface area contributed by atoms with E-state index in [1.54, 1.807) is 0 Å². The molecule has 0 spiro atoms. The number of carbonyl (C=O) groups is 1. The Kier molecular flexibility index (Phi) is 3.68. The van der Waals surface area contributed by atoms with Crippen molar-refractivity contribution in [1.29, 1.82) is 0 Å². The first-order chi connectivity index (χ1) is 5.75. The Morgan fingerprint density at radius 3 is 2.15 bits per heavy atom. The SMILES string of the molecule is COCOC(C)(C(=O)O)C(F)(F)F. The van der Waals surface area contributed by atoms with E-state index in [4.69, 9.17) is 5.11 Å². The molecule has 4 nitrogen and oxygen atoms in total. The third-order valence-electron chi connectivity index (χ3n) is 1.41. The molecule has 1 atom stereocenters. The van der Waals surface area contributed by atoms with Gasteiger partial charge >= 0.3 is 12.1 Å².